The van der Waals surface area contributed by atoms with Gasteiger partial charge >= 0.3 is 0 Å². The maximum Gasteiger partial charge on any atom is 0.267 e. The topological polar surface area (TPSA) is 42.0 Å². The molecule has 100 valence electrons. The van der Waals surface area contributed by atoms with E-state index in [1.54, 1.807) is 17.5 Å². The summed E-state index contributed by atoms with van der Waals surface area (Å²) in [6, 6.07) is 11.7. The van der Waals surface area contributed by atoms with E-state index in [0.717, 1.165) is 15.6 Å². The van der Waals surface area contributed by atoms with Gasteiger partial charge in [-0.25, -0.2) is 4.98 Å². The number of rotatable bonds is 3. The first kappa shape index (κ1) is 13.0. The Balaban J connectivity index is 1.76. The standard InChI is InChI=1S/C15H12N2OS2/c1-10-4-6-11(7-5-10)17-14(18)13-9-16-15(20-13)12-3-2-8-19-12/h2-9H,1H3,(H,17,18). The molecule has 0 aliphatic carbocycles. The Morgan fingerprint density at radius 2 is 2.00 bits per heavy atom. The number of carbonyl (C=O) groups is 1. The van der Waals surface area contributed by atoms with Crippen LogP contribution in [0.3, 0.4) is 0 Å². The fraction of sp³-hybridized carbons (Fsp3) is 0.0667. The molecular weight excluding hydrogens is 288 g/mol. The number of amides is 1. The Morgan fingerprint density at radius 3 is 2.70 bits per heavy atom. The lowest BCUT2D eigenvalue weighted by atomic mass is 10.2. The largest absolute Gasteiger partial charge is 0.321 e. The molecule has 2 heterocycles. The molecule has 3 aromatic rings. The number of aromatic nitrogens is 1. The Bertz CT molecular complexity index is 715. The van der Waals surface area contributed by atoms with E-state index in [9.17, 15) is 4.79 Å². The van der Waals surface area contributed by atoms with Gasteiger partial charge in [0, 0.05) is 5.69 Å². The van der Waals surface area contributed by atoms with Gasteiger partial charge in [-0.15, -0.1) is 22.7 Å². The van der Waals surface area contributed by atoms with Gasteiger partial charge in [-0.2, -0.15) is 0 Å². The summed E-state index contributed by atoms with van der Waals surface area (Å²) in [5.74, 6) is -0.117. The molecule has 0 spiro atoms. The molecule has 5 heteroatoms. The van der Waals surface area contributed by atoms with Crippen LogP contribution in [0.15, 0.2) is 48.0 Å². The SMILES string of the molecule is Cc1ccc(NC(=O)c2cnc(-c3cccs3)s2)cc1. The summed E-state index contributed by atoms with van der Waals surface area (Å²) >= 11 is 3.03. The highest BCUT2D eigenvalue weighted by molar-refractivity contribution is 7.22. The Hall–Kier alpha value is -1.98. The number of thiazole rings is 1. The number of nitrogens with one attached hydrogen (secondary N) is 1. The third-order valence-corrected chi connectivity index (χ3v) is 4.81. The first-order valence-electron chi connectivity index (χ1n) is 6.10. The molecule has 0 aliphatic heterocycles. The second-order valence-electron chi connectivity index (χ2n) is 4.33. The summed E-state index contributed by atoms with van der Waals surface area (Å²) in [4.78, 5) is 18.2. The summed E-state index contributed by atoms with van der Waals surface area (Å²) in [6.07, 6.45) is 1.63. The number of benzene rings is 1. The van der Waals surface area contributed by atoms with Crippen LogP contribution in [-0.4, -0.2) is 10.9 Å². The molecule has 0 bridgehead atoms. The van der Waals surface area contributed by atoms with Gasteiger partial charge in [0.25, 0.3) is 5.91 Å². The minimum atomic E-state index is -0.117. The van der Waals surface area contributed by atoms with Crippen LogP contribution in [0.5, 0.6) is 0 Å². The summed E-state index contributed by atoms with van der Waals surface area (Å²) in [6.45, 7) is 2.02. The smallest absolute Gasteiger partial charge is 0.267 e. The van der Waals surface area contributed by atoms with Crippen molar-refractivity contribution in [2.45, 2.75) is 6.92 Å². The monoisotopic (exact) mass is 300 g/mol. The molecule has 1 aromatic carbocycles. The molecule has 0 radical (unpaired) electrons. The highest BCUT2D eigenvalue weighted by atomic mass is 32.1. The fourth-order valence-electron chi connectivity index (χ4n) is 1.72. The molecular formula is C15H12N2OS2. The zero-order valence-corrected chi connectivity index (χ0v) is 12.4. The number of hydrogen-bond acceptors (Lipinski definition) is 4. The molecule has 1 N–H and O–H groups in total. The van der Waals surface area contributed by atoms with Gasteiger partial charge in [-0.3, -0.25) is 4.79 Å². The first-order valence-corrected chi connectivity index (χ1v) is 7.80. The average Bonchev–Trinajstić information content (AvgIpc) is 3.11. The molecule has 3 nitrogen and oxygen atoms in total. The van der Waals surface area contributed by atoms with Gasteiger partial charge < -0.3 is 5.32 Å². The third-order valence-electron chi connectivity index (χ3n) is 2.77. The second-order valence-corrected chi connectivity index (χ2v) is 6.31. The van der Waals surface area contributed by atoms with Crippen molar-refractivity contribution in [1.82, 2.24) is 4.98 Å². The van der Waals surface area contributed by atoms with Gasteiger partial charge in [0.1, 0.15) is 9.88 Å². The van der Waals surface area contributed by atoms with Crippen LogP contribution in [-0.2, 0) is 0 Å². The molecule has 2 aromatic heterocycles. The predicted octanol–water partition coefficient (Wildman–Crippen LogP) is 4.43. The van der Waals surface area contributed by atoms with Gasteiger partial charge in [0.05, 0.1) is 11.1 Å². The fourth-order valence-corrected chi connectivity index (χ4v) is 3.34. The summed E-state index contributed by atoms with van der Waals surface area (Å²) in [7, 11) is 0. The van der Waals surface area contributed by atoms with Crippen molar-refractivity contribution in [2.75, 3.05) is 5.32 Å². The molecule has 0 saturated heterocycles. The lowest BCUT2D eigenvalue weighted by molar-refractivity contribution is 0.103. The maximum absolute atomic E-state index is 12.1. The van der Waals surface area contributed by atoms with Crippen molar-refractivity contribution in [1.29, 1.82) is 0 Å². The van der Waals surface area contributed by atoms with Crippen molar-refractivity contribution in [3.8, 4) is 9.88 Å². The zero-order chi connectivity index (χ0) is 13.9. The van der Waals surface area contributed by atoms with Crippen LogP contribution >= 0.6 is 22.7 Å². The van der Waals surface area contributed by atoms with Crippen molar-refractivity contribution < 1.29 is 4.79 Å². The molecule has 3 rings (SSSR count). The van der Waals surface area contributed by atoms with Crippen LogP contribution < -0.4 is 5.32 Å². The molecule has 0 unspecified atom stereocenters. The summed E-state index contributed by atoms with van der Waals surface area (Å²) in [5, 5.41) is 5.77. The quantitative estimate of drug-likeness (QED) is 0.777. The Labute approximate surface area is 124 Å². The number of carbonyl (C=O) groups excluding carboxylic acids is 1. The van der Waals surface area contributed by atoms with Crippen LogP contribution in [0.1, 0.15) is 15.2 Å². The van der Waals surface area contributed by atoms with Crippen LogP contribution in [0, 0.1) is 6.92 Å². The number of aryl methyl sites for hydroxylation is 1. The van der Waals surface area contributed by atoms with Gasteiger partial charge in [0.2, 0.25) is 0 Å². The van der Waals surface area contributed by atoms with E-state index in [1.807, 2.05) is 48.7 Å². The molecule has 0 aliphatic rings. The predicted molar refractivity (Wildman–Crippen MR) is 84.6 cm³/mol. The minimum absolute atomic E-state index is 0.117. The van der Waals surface area contributed by atoms with E-state index in [1.165, 1.54) is 16.9 Å². The van der Waals surface area contributed by atoms with Crippen LogP contribution in [0.4, 0.5) is 5.69 Å². The van der Waals surface area contributed by atoms with E-state index in [0.29, 0.717) is 4.88 Å². The lowest BCUT2D eigenvalue weighted by Gasteiger charge is -2.03. The number of nitrogens with zero attached hydrogens (tertiary/aromatic N) is 1. The number of thiophene rings is 1. The summed E-state index contributed by atoms with van der Waals surface area (Å²) < 4.78 is 0. The third kappa shape index (κ3) is 2.79. The molecule has 0 atom stereocenters. The molecule has 0 saturated carbocycles. The maximum atomic E-state index is 12.1. The highest BCUT2D eigenvalue weighted by Crippen LogP contribution is 2.29. The second kappa shape index (κ2) is 5.56. The van der Waals surface area contributed by atoms with Crippen molar-refractivity contribution in [3.63, 3.8) is 0 Å². The number of anilines is 1. The summed E-state index contributed by atoms with van der Waals surface area (Å²) in [5.41, 5.74) is 1.97. The van der Waals surface area contributed by atoms with Crippen LogP contribution in [0.25, 0.3) is 9.88 Å². The Morgan fingerprint density at radius 1 is 1.20 bits per heavy atom. The molecule has 20 heavy (non-hydrogen) atoms. The Kier molecular flexibility index (Phi) is 3.62. The van der Waals surface area contributed by atoms with E-state index in [-0.39, 0.29) is 5.91 Å². The molecule has 1 amide bonds. The van der Waals surface area contributed by atoms with E-state index >= 15 is 0 Å². The van der Waals surface area contributed by atoms with Gasteiger partial charge in [-0.05, 0) is 30.5 Å². The van der Waals surface area contributed by atoms with E-state index < -0.39 is 0 Å². The van der Waals surface area contributed by atoms with E-state index in [4.69, 9.17) is 0 Å². The first-order chi connectivity index (χ1) is 9.72. The van der Waals surface area contributed by atoms with E-state index in [2.05, 4.69) is 10.3 Å². The minimum Gasteiger partial charge on any atom is -0.321 e. The average molecular weight is 300 g/mol. The normalized spacial score (nSPS) is 10.4. The van der Waals surface area contributed by atoms with Gasteiger partial charge in [0.15, 0.2) is 0 Å². The van der Waals surface area contributed by atoms with Crippen LogP contribution in [0.2, 0.25) is 0 Å². The van der Waals surface area contributed by atoms with Crippen molar-refractivity contribution in [3.05, 3.63) is 58.4 Å². The number of hydrogen-bond donors (Lipinski definition) is 1. The molecule has 0 fully saturated rings. The van der Waals surface area contributed by atoms with Crippen molar-refractivity contribution >= 4 is 34.3 Å². The lowest BCUT2D eigenvalue weighted by Crippen LogP contribution is -2.09. The van der Waals surface area contributed by atoms with Gasteiger partial charge in [-0.1, -0.05) is 23.8 Å². The highest BCUT2D eigenvalue weighted by Gasteiger charge is 2.12. The van der Waals surface area contributed by atoms with Crippen molar-refractivity contribution in [2.24, 2.45) is 0 Å². The zero-order valence-electron chi connectivity index (χ0n) is 10.8.